The van der Waals surface area contributed by atoms with Gasteiger partial charge in [-0.25, -0.2) is 0 Å². The third-order valence-corrected chi connectivity index (χ3v) is 3.12. The molecular formula is C11H20N2OS. The Labute approximate surface area is 96.8 Å². The molecule has 0 aliphatic heterocycles. The molecule has 1 amide bonds. The molecule has 0 aromatic rings. The largest absolute Gasteiger partial charge is 0.392 e. The molecular weight excluding hydrogens is 208 g/mol. The van der Waals surface area contributed by atoms with E-state index in [0.717, 1.165) is 25.7 Å². The molecule has 0 aromatic heterocycles. The molecule has 3 N–H and O–H groups in total. The van der Waals surface area contributed by atoms with Crippen molar-refractivity contribution in [2.45, 2.75) is 45.6 Å². The van der Waals surface area contributed by atoms with Gasteiger partial charge in [-0.2, -0.15) is 0 Å². The van der Waals surface area contributed by atoms with Crippen molar-refractivity contribution in [3.8, 4) is 0 Å². The van der Waals surface area contributed by atoms with E-state index in [9.17, 15) is 4.79 Å². The summed E-state index contributed by atoms with van der Waals surface area (Å²) in [6.45, 7) is 4.03. The number of hydrogen-bond donors (Lipinski definition) is 2. The highest BCUT2D eigenvalue weighted by Gasteiger charge is 2.34. The first kappa shape index (κ1) is 12.4. The van der Waals surface area contributed by atoms with Gasteiger partial charge in [0, 0.05) is 5.92 Å². The highest BCUT2D eigenvalue weighted by atomic mass is 32.1. The Balaban J connectivity index is 2.43. The zero-order valence-electron chi connectivity index (χ0n) is 9.45. The minimum absolute atomic E-state index is 0.0607. The van der Waals surface area contributed by atoms with Gasteiger partial charge < -0.3 is 11.1 Å². The summed E-state index contributed by atoms with van der Waals surface area (Å²) in [5, 5.41) is 2.96. The van der Waals surface area contributed by atoms with Crippen LogP contribution in [0.1, 0.15) is 39.5 Å². The highest BCUT2D eigenvalue weighted by Crippen LogP contribution is 2.32. The fourth-order valence-electron chi connectivity index (χ4n) is 1.71. The number of carbonyl (C=O) groups is 1. The number of nitrogens with one attached hydrogen (secondary N) is 1. The molecule has 0 heterocycles. The molecule has 0 spiro atoms. The maximum absolute atomic E-state index is 11.8. The second-order valence-corrected chi connectivity index (χ2v) is 4.89. The fraction of sp³-hybridized carbons (Fsp3) is 0.818. The first-order chi connectivity index (χ1) is 7.06. The number of carbonyl (C=O) groups excluding carboxylic acids is 1. The number of thiocarbonyl (C=S) groups is 1. The molecule has 0 bridgehead atoms. The average Bonchev–Trinajstić information content (AvgIpc) is 2.97. The molecule has 1 aliphatic rings. The van der Waals surface area contributed by atoms with Gasteiger partial charge in [0.15, 0.2) is 0 Å². The molecule has 3 nitrogen and oxygen atoms in total. The summed E-state index contributed by atoms with van der Waals surface area (Å²) in [5.74, 6) is 0.632. The van der Waals surface area contributed by atoms with Gasteiger partial charge in [0.2, 0.25) is 5.91 Å². The minimum Gasteiger partial charge on any atom is -0.392 e. The summed E-state index contributed by atoms with van der Waals surface area (Å²) >= 11 is 4.97. The van der Waals surface area contributed by atoms with Crippen LogP contribution < -0.4 is 11.1 Å². The molecule has 0 radical (unpaired) electrons. The van der Waals surface area contributed by atoms with Crippen molar-refractivity contribution in [2.75, 3.05) is 0 Å². The zero-order chi connectivity index (χ0) is 11.4. The molecule has 86 valence electrons. The average molecular weight is 228 g/mol. The SMILES string of the molecule is CCCC(C)C(=O)NC(C(N)=S)C1CC1. The molecule has 4 heteroatoms. The zero-order valence-corrected chi connectivity index (χ0v) is 10.3. The van der Waals surface area contributed by atoms with Crippen LogP contribution in [0.15, 0.2) is 0 Å². The van der Waals surface area contributed by atoms with Crippen molar-refractivity contribution in [3.05, 3.63) is 0 Å². The van der Waals surface area contributed by atoms with Crippen molar-refractivity contribution >= 4 is 23.1 Å². The van der Waals surface area contributed by atoms with Crippen molar-refractivity contribution < 1.29 is 4.79 Å². The summed E-state index contributed by atoms with van der Waals surface area (Å²) in [4.78, 5) is 12.2. The van der Waals surface area contributed by atoms with E-state index in [2.05, 4.69) is 12.2 Å². The van der Waals surface area contributed by atoms with E-state index in [1.54, 1.807) is 0 Å². The minimum atomic E-state index is -0.0770. The van der Waals surface area contributed by atoms with E-state index < -0.39 is 0 Å². The van der Waals surface area contributed by atoms with Crippen LogP contribution in [0, 0.1) is 11.8 Å². The van der Waals surface area contributed by atoms with Crippen LogP contribution in [0.5, 0.6) is 0 Å². The fourth-order valence-corrected chi connectivity index (χ4v) is 1.96. The van der Waals surface area contributed by atoms with Gasteiger partial charge in [-0.05, 0) is 25.2 Å². The normalized spacial score (nSPS) is 19.3. The summed E-state index contributed by atoms with van der Waals surface area (Å²) < 4.78 is 0. The predicted molar refractivity (Wildman–Crippen MR) is 65.5 cm³/mol. The van der Waals surface area contributed by atoms with E-state index in [1.807, 2.05) is 6.92 Å². The van der Waals surface area contributed by atoms with Gasteiger partial charge in [-0.3, -0.25) is 4.79 Å². The lowest BCUT2D eigenvalue weighted by molar-refractivity contribution is -0.125. The van der Waals surface area contributed by atoms with E-state index in [4.69, 9.17) is 18.0 Å². The molecule has 1 rings (SSSR count). The molecule has 1 aliphatic carbocycles. The van der Waals surface area contributed by atoms with Crippen molar-refractivity contribution in [1.29, 1.82) is 0 Å². The van der Waals surface area contributed by atoms with Gasteiger partial charge in [-0.1, -0.05) is 32.5 Å². The van der Waals surface area contributed by atoms with Gasteiger partial charge in [0.25, 0.3) is 0 Å². The standard InChI is InChI=1S/C11H20N2OS/c1-3-4-7(2)11(14)13-9(10(12)15)8-5-6-8/h7-9H,3-6H2,1-2H3,(H2,12,15)(H,13,14). The second kappa shape index (κ2) is 5.45. The van der Waals surface area contributed by atoms with E-state index in [0.29, 0.717) is 10.9 Å². The summed E-state index contributed by atoms with van der Waals surface area (Å²) in [5.41, 5.74) is 5.62. The molecule has 1 fully saturated rings. The molecule has 0 saturated heterocycles. The van der Waals surface area contributed by atoms with E-state index in [-0.39, 0.29) is 17.9 Å². The third-order valence-electron chi connectivity index (χ3n) is 2.87. The Morgan fingerprint density at radius 1 is 1.60 bits per heavy atom. The lowest BCUT2D eigenvalue weighted by atomic mass is 10.0. The quantitative estimate of drug-likeness (QED) is 0.679. The molecule has 2 atom stereocenters. The molecule has 1 saturated carbocycles. The topological polar surface area (TPSA) is 55.1 Å². The maximum atomic E-state index is 11.8. The van der Waals surface area contributed by atoms with Crippen LogP contribution in [0.25, 0.3) is 0 Å². The molecule has 0 aromatic carbocycles. The molecule has 2 unspecified atom stereocenters. The Morgan fingerprint density at radius 3 is 2.60 bits per heavy atom. The maximum Gasteiger partial charge on any atom is 0.223 e. The van der Waals surface area contributed by atoms with Gasteiger partial charge >= 0.3 is 0 Å². The second-order valence-electron chi connectivity index (χ2n) is 4.42. The number of hydrogen-bond acceptors (Lipinski definition) is 2. The van der Waals surface area contributed by atoms with Crippen molar-refractivity contribution in [2.24, 2.45) is 17.6 Å². The molecule has 15 heavy (non-hydrogen) atoms. The first-order valence-electron chi connectivity index (χ1n) is 5.66. The van der Waals surface area contributed by atoms with Crippen LogP contribution >= 0.6 is 12.2 Å². The van der Waals surface area contributed by atoms with Crippen molar-refractivity contribution in [1.82, 2.24) is 5.32 Å². The number of amides is 1. The van der Waals surface area contributed by atoms with Crippen LogP contribution in [0.2, 0.25) is 0 Å². The summed E-state index contributed by atoms with van der Waals surface area (Å²) in [6, 6.07) is -0.0770. The lowest BCUT2D eigenvalue weighted by Crippen LogP contribution is -2.46. The van der Waals surface area contributed by atoms with E-state index in [1.165, 1.54) is 0 Å². The Morgan fingerprint density at radius 2 is 2.20 bits per heavy atom. The number of rotatable bonds is 6. The van der Waals surface area contributed by atoms with E-state index >= 15 is 0 Å². The highest BCUT2D eigenvalue weighted by molar-refractivity contribution is 7.80. The van der Waals surface area contributed by atoms with Crippen molar-refractivity contribution in [3.63, 3.8) is 0 Å². The Bertz CT molecular complexity index is 251. The van der Waals surface area contributed by atoms with Gasteiger partial charge in [0.05, 0.1) is 11.0 Å². The Hall–Kier alpha value is -0.640. The Kier molecular flexibility index (Phi) is 4.51. The predicted octanol–water partition coefficient (Wildman–Crippen LogP) is 1.60. The monoisotopic (exact) mass is 228 g/mol. The van der Waals surface area contributed by atoms with Crippen LogP contribution in [0.4, 0.5) is 0 Å². The first-order valence-corrected chi connectivity index (χ1v) is 6.06. The van der Waals surface area contributed by atoms with Crippen LogP contribution in [-0.4, -0.2) is 16.9 Å². The van der Waals surface area contributed by atoms with Gasteiger partial charge in [0.1, 0.15) is 0 Å². The summed E-state index contributed by atoms with van der Waals surface area (Å²) in [6.07, 6.45) is 4.20. The smallest absolute Gasteiger partial charge is 0.223 e. The summed E-state index contributed by atoms with van der Waals surface area (Å²) in [7, 11) is 0. The van der Waals surface area contributed by atoms with Gasteiger partial charge in [-0.15, -0.1) is 0 Å². The lowest BCUT2D eigenvalue weighted by Gasteiger charge is -2.19. The van der Waals surface area contributed by atoms with Crippen LogP contribution in [0.3, 0.4) is 0 Å². The number of nitrogens with two attached hydrogens (primary N) is 1. The third kappa shape index (κ3) is 3.78. The van der Waals surface area contributed by atoms with Crippen LogP contribution in [-0.2, 0) is 4.79 Å².